The summed E-state index contributed by atoms with van der Waals surface area (Å²) in [6.45, 7) is 1.88. The van der Waals surface area contributed by atoms with E-state index in [0.29, 0.717) is 22.1 Å². The van der Waals surface area contributed by atoms with E-state index in [4.69, 9.17) is 5.11 Å². The van der Waals surface area contributed by atoms with Gasteiger partial charge >= 0.3 is 6.09 Å². The minimum atomic E-state index is -1.19. The Bertz CT molecular complexity index is 1190. The zero-order valence-electron chi connectivity index (χ0n) is 13.1. The SMILES string of the molecule is Cc1c(-c2n[nH]c(=O)c3ccccc23)ccc2[nH]c(NC(=O)O)nc12. The second kappa shape index (κ2) is 5.45. The van der Waals surface area contributed by atoms with E-state index in [2.05, 4.69) is 25.5 Å². The predicted octanol–water partition coefficient (Wildman–Crippen LogP) is 2.86. The smallest absolute Gasteiger partial charge is 0.411 e. The third kappa shape index (κ3) is 2.40. The molecule has 0 radical (unpaired) electrons. The Kier molecular flexibility index (Phi) is 3.24. The molecule has 4 rings (SSSR count). The highest BCUT2D eigenvalue weighted by Gasteiger charge is 2.15. The lowest BCUT2D eigenvalue weighted by atomic mass is 10.00. The Hall–Kier alpha value is -3.68. The summed E-state index contributed by atoms with van der Waals surface area (Å²) in [4.78, 5) is 29.9. The van der Waals surface area contributed by atoms with Crippen LogP contribution in [-0.2, 0) is 0 Å². The van der Waals surface area contributed by atoms with Crippen molar-refractivity contribution in [3.05, 3.63) is 52.3 Å². The van der Waals surface area contributed by atoms with E-state index < -0.39 is 6.09 Å². The van der Waals surface area contributed by atoms with Crippen molar-refractivity contribution in [2.45, 2.75) is 6.92 Å². The minimum absolute atomic E-state index is 0.155. The Balaban J connectivity index is 1.96. The van der Waals surface area contributed by atoms with Gasteiger partial charge in [-0.2, -0.15) is 5.10 Å². The molecule has 0 atom stereocenters. The van der Waals surface area contributed by atoms with E-state index in [1.165, 1.54) is 0 Å². The summed E-state index contributed by atoms with van der Waals surface area (Å²) in [6.07, 6.45) is -1.19. The average Bonchev–Trinajstić information content (AvgIpc) is 2.99. The van der Waals surface area contributed by atoms with Gasteiger partial charge in [0.25, 0.3) is 5.56 Å². The monoisotopic (exact) mass is 335 g/mol. The van der Waals surface area contributed by atoms with Crippen LogP contribution in [0.25, 0.3) is 33.1 Å². The van der Waals surface area contributed by atoms with Gasteiger partial charge in [0.2, 0.25) is 5.95 Å². The number of amides is 1. The fourth-order valence-electron chi connectivity index (χ4n) is 2.95. The molecule has 0 aliphatic carbocycles. The zero-order valence-corrected chi connectivity index (χ0v) is 13.1. The van der Waals surface area contributed by atoms with E-state index in [0.717, 1.165) is 16.5 Å². The number of fused-ring (bicyclic) bond motifs is 2. The van der Waals surface area contributed by atoms with E-state index in [9.17, 15) is 9.59 Å². The normalized spacial score (nSPS) is 11.1. The molecule has 0 saturated heterocycles. The molecule has 0 aliphatic heterocycles. The van der Waals surface area contributed by atoms with E-state index in [1.807, 2.05) is 25.1 Å². The van der Waals surface area contributed by atoms with Crippen LogP contribution >= 0.6 is 0 Å². The summed E-state index contributed by atoms with van der Waals surface area (Å²) in [7, 11) is 0. The summed E-state index contributed by atoms with van der Waals surface area (Å²) in [6, 6.07) is 10.9. The molecule has 2 heterocycles. The van der Waals surface area contributed by atoms with E-state index in [-0.39, 0.29) is 11.5 Å². The van der Waals surface area contributed by atoms with E-state index in [1.54, 1.807) is 18.2 Å². The number of imidazole rings is 1. The van der Waals surface area contributed by atoms with Crippen LogP contribution in [0, 0.1) is 6.92 Å². The van der Waals surface area contributed by atoms with Crippen molar-refractivity contribution >= 4 is 33.8 Å². The number of hydrogen-bond donors (Lipinski definition) is 4. The summed E-state index contributed by atoms with van der Waals surface area (Å²) in [5.41, 5.74) is 3.39. The van der Waals surface area contributed by atoms with Gasteiger partial charge in [0.1, 0.15) is 0 Å². The van der Waals surface area contributed by atoms with Gasteiger partial charge in [-0.15, -0.1) is 0 Å². The molecular weight excluding hydrogens is 322 g/mol. The number of aryl methyl sites for hydroxylation is 1. The summed E-state index contributed by atoms with van der Waals surface area (Å²) >= 11 is 0. The molecule has 8 heteroatoms. The molecule has 124 valence electrons. The van der Waals surface area contributed by atoms with Crippen molar-refractivity contribution in [3.63, 3.8) is 0 Å². The van der Waals surface area contributed by atoms with Gasteiger partial charge in [-0.05, 0) is 24.6 Å². The molecule has 0 unspecified atom stereocenters. The number of nitrogens with zero attached hydrogens (tertiary/aromatic N) is 2. The molecule has 0 aliphatic rings. The first-order valence-electron chi connectivity index (χ1n) is 7.51. The highest BCUT2D eigenvalue weighted by Crippen LogP contribution is 2.31. The quantitative estimate of drug-likeness (QED) is 0.448. The summed E-state index contributed by atoms with van der Waals surface area (Å²) in [5.74, 6) is 0.155. The van der Waals surface area contributed by atoms with Gasteiger partial charge in [0.05, 0.1) is 22.1 Å². The Morgan fingerprint density at radius 1 is 1.16 bits per heavy atom. The van der Waals surface area contributed by atoms with Crippen LogP contribution in [0.3, 0.4) is 0 Å². The van der Waals surface area contributed by atoms with Crippen LogP contribution in [0.5, 0.6) is 0 Å². The number of H-pyrrole nitrogens is 2. The van der Waals surface area contributed by atoms with Crippen LogP contribution in [0.4, 0.5) is 10.7 Å². The first kappa shape index (κ1) is 14.9. The van der Waals surface area contributed by atoms with Crippen LogP contribution < -0.4 is 10.9 Å². The number of aromatic amines is 2. The maximum absolute atomic E-state index is 12.0. The molecule has 8 nitrogen and oxygen atoms in total. The third-order valence-electron chi connectivity index (χ3n) is 4.08. The average molecular weight is 335 g/mol. The number of nitrogens with one attached hydrogen (secondary N) is 3. The van der Waals surface area contributed by atoms with E-state index >= 15 is 0 Å². The molecule has 0 bridgehead atoms. The van der Waals surface area contributed by atoms with Crippen molar-refractivity contribution in [1.29, 1.82) is 0 Å². The Morgan fingerprint density at radius 3 is 2.68 bits per heavy atom. The number of anilines is 1. The fraction of sp³-hybridized carbons (Fsp3) is 0.0588. The largest absolute Gasteiger partial charge is 0.465 e. The lowest BCUT2D eigenvalue weighted by Crippen LogP contribution is -2.09. The lowest BCUT2D eigenvalue weighted by molar-refractivity contribution is 0.209. The lowest BCUT2D eigenvalue weighted by Gasteiger charge is -2.08. The number of hydrogen-bond acceptors (Lipinski definition) is 4. The van der Waals surface area contributed by atoms with Gasteiger partial charge < -0.3 is 10.1 Å². The molecule has 4 aromatic rings. The second-order valence-corrected chi connectivity index (χ2v) is 5.60. The van der Waals surface area contributed by atoms with Gasteiger partial charge in [0, 0.05) is 10.9 Å². The minimum Gasteiger partial charge on any atom is -0.465 e. The second-order valence-electron chi connectivity index (χ2n) is 5.60. The summed E-state index contributed by atoms with van der Waals surface area (Å²) < 4.78 is 0. The Labute approximate surface area is 140 Å². The molecule has 0 spiro atoms. The van der Waals surface area contributed by atoms with Crippen LogP contribution in [0.15, 0.2) is 41.2 Å². The topological polar surface area (TPSA) is 124 Å². The first-order valence-corrected chi connectivity index (χ1v) is 7.51. The molecular formula is C17H13N5O3. The molecule has 25 heavy (non-hydrogen) atoms. The van der Waals surface area contributed by atoms with Crippen molar-refractivity contribution in [2.24, 2.45) is 0 Å². The highest BCUT2D eigenvalue weighted by molar-refractivity contribution is 5.98. The number of rotatable bonds is 2. The number of carbonyl (C=O) groups is 1. The van der Waals surface area contributed by atoms with Crippen molar-refractivity contribution < 1.29 is 9.90 Å². The number of aromatic nitrogens is 4. The molecule has 4 N–H and O–H groups in total. The van der Waals surface area contributed by atoms with Crippen molar-refractivity contribution in [2.75, 3.05) is 5.32 Å². The number of carboxylic acid groups (broad SMARTS) is 1. The van der Waals surface area contributed by atoms with Gasteiger partial charge in [-0.25, -0.2) is 14.9 Å². The van der Waals surface area contributed by atoms with Gasteiger partial charge in [-0.3, -0.25) is 10.1 Å². The van der Waals surface area contributed by atoms with Crippen LogP contribution in [-0.4, -0.2) is 31.4 Å². The van der Waals surface area contributed by atoms with Crippen LogP contribution in [0.2, 0.25) is 0 Å². The van der Waals surface area contributed by atoms with Crippen molar-refractivity contribution in [3.8, 4) is 11.3 Å². The zero-order chi connectivity index (χ0) is 17.6. The van der Waals surface area contributed by atoms with Crippen LogP contribution in [0.1, 0.15) is 5.56 Å². The third-order valence-corrected chi connectivity index (χ3v) is 4.08. The maximum atomic E-state index is 12.0. The molecule has 2 aromatic heterocycles. The molecule has 1 amide bonds. The predicted molar refractivity (Wildman–Crippen MR) is 93.8 cm³/mol. The maximum Gasteiger partial charge on any atom is 0.411 e. The van der Waals surface area contributed by atoms with Gasteiger partial charge in [0.15, 0.2) is 0 Å². The standard InChI is InChI=1S/C17H13N5O3/c1-8-9(6-7-12-13(8)19-16(18-12)20-17(24)25)14-10-4-2-3-5-11(10)15(23)22-21-14/h2-7H,1H3,(H,22,23)(H,24,25)(H2,18,19,20). The molecule has 2 aromatic carbocycles. The number of benzene rings is 2. The summed E-state index contributed by atoms with van der Waals surface area (Å²) in [5, 5.41) is 19.1. The fourth-order valence-corrected chi connectivity index (χ4v) is 2.95. The Morgan fingerprint density at radius 2 is 1.92 bits per heavy atom. The van der Waals surface area contributed by atoms with Crippen molar-refractivity contribution in [1.82, 2.24) is 20.2 Å². The highest BCUT2D eigenvalue weighted by atomic mass is 16.4. The first-order chi connectivity index (χ1) is 12.0. The van der Waals surface area contributed by atoms with Gasteiger partial charge in [-0.1, -0.05) is 24.3 Å². The molecule has 0 fully saturated rings. The molecule has 0 saturated carbocycles.